The first-order valence-corrected chi connectivity index (χ1v) is 19.6. The van der Waals surface area contributed by atoms with Crippen LogP contribution in [0.2, 0.25) is 5.02 Å². The Bertz CT molecular complexity index is 2430. The largest absolute Gasteiger partial charge is 0.491 e. The monoisotopic (exact) mass is 798 g/mol. The van der Waals surface area contributed by atoms with E-state index in [0.29, 0.717) is 11.4 Å². The van der Waals surface area contributed by atoms with Gasteiger partial charge in [0.05, 0.1) is 34.0 Å². The number of ether oxygens (including phenoxy) is 2. The lowest BCUT2D eigenvalue weighted by molar-refractivity contribution is -0.136. The minimum Gasteiger partial charge on any atom is -0.491 e. The van der Waals surface area contributed by atoms with Crippen LogP contribution in [0.3, 0.4) is 0 Å². The smallest absolute Gasteiger partial charge is 0.262 e. The number of amides is 5. The standard InChI is InChI=1S/C39H35ClN6O9S/c1-39(2,23-6-9-27(10-7-23)55-21-26-14-15-42-38(44-26)56(3,52)53)24-17-22(20-41)34(30(40)18-24)54-16-4-5-32(47)43-25-8-11-28-29(19-25)37(51)46(36(28)50)31-12-13-33(48)45-35(31)49/h6-11,14-15,17-19,31H,4-5,12-13,16,21H2,1-3H3,(H,43,47)(H,45,48,49). The summed E-state index contributed by atoms with van der Waals surface area (Å²) in [5.74, 6) is -2.18. The number of aromatic nitrogens is 2. The summed E-state index contributed by atoms with van der Waals surface area (Å²) in [5, 5.41) is 14.8. The topological polar surface area (TPSA) is 215 Å². The molecule has 5 amide bonds. The molecule has 1 aromatic heterocycles. The van der Waals surface area contributed by atoms with Crippen LogP contribution in [-0.4, -0.2) is 71.7 Å². The normalized spacial score (nSPS) is 15.6. The van der Waals surface area contributed by atoms with E-state index in [9.17, 15) is 37.7 Å². The van der Waals surface area contributed by atoms with Crippen molar-refractivity contribution >= 4 is 56.7 Å². The second kappa shape index (κ2) is 15.9. The lowest BCUT2D eigenvalue weighted by Gasteiger charge is -2.27. The second-order valence-corrected chi connectivity index (χ2v) is 16.0. The molecule has 1 unspecified atom stereocenters. The fraction of sp³-hybridized carbons (Fsp3) is 0.282. The van der Waals surface area contributed by atoms with Crippen LogP contribution in [0.15, 0.2) is 72.0 Å². The average molecular weight is 799 g/mol. The van der Waals surface area contributed by atoms with E-state index >= 15 is 0 Å². The minimum absolute atomic E-state index is 0.00386. The molecule has 1 fully saturated rings. The lowest BCUT2D eigenvalue weighted by atomic mass is 9.77. The zero-order chi connectivity index (χ0) is 40.4. The molecule has 1 saturated heterocycles. The molecule has 6 rings (SSSR count). The maximum absolute atomic E-state index is 13.1. The summed E-state index contributed by atoms with van der Waals surface area (Å²) in [6.07, 6.45) is 2.72. The summed E-state index contributed by atoms with van der Waals surface area (Å²) in [5.41, 5.74) is 2.10. The molecule has 288 valence electrons. The van der Waals surface area contributed by atoms with Crippen LogP contribution >= 0.6 is 11.6 Å². The zero-order valence-corrected chi connectivity index (χ0v) is 32.0. The van der Waals surface area contributed by atoms with Crippen molar-refractivity contribution in [1.29, 1.82) is 5.26 Å². The quantitative estimate of drug-likeness (QED) is 0.109. The Labute approximate surface area is 326 Å². The molecule has 0 spiro atoms. The Kier molecular flexibility index (Phi) is 11.2. The summed E-state index contributed by atoms with van der Waals surface area (Å²) in [4.78, 5) is 71.4. The van der Waals surface area contributed by atoms with Gasteiger partial charge in [0.25, 0.3) is 11.8 Å². The van der Waals surface area contributed by atoms with Crippen LogP contribution in [-0.2, 0) is 36.2 Å². The SMILES string of the molecule is CC(C)(c1ccc(OCc2ccnc(S(C)(=O)=O)n2)cc1)c1cc(Cl)c(OCCCC(=O)Nc2ccc3c(c2)C(=O)N(C2CCC(=O)NC2=O)C3=O)c(C#N)c1. The molecular formula is C39H35ClN6O9S. The fourth-order valence-corrected chi connectivity index (χ4v) is 7.10. The van der Waals surface area contributed by atoms with Gasteiger partial charge in [-0.3, -0.25) is 34.2 Å². The number of benzene rings is 3. The highest BCUT2D eigenvalue weighted by atomic mass is 35.5. The predicted molar refractivity (Wildman–Crippen MR) is 201 cm³/mol. The molecule has 0 radical (unpaired) electrons. The van der Waals surface area contributed by atoms with E-state index in [1.807, 2.05) is 26.0 Å². The van der Waals surface area contributed by atoms with Gasteiger partial charge in [0.1, 0.15) is 24.5 Å². The van der Waals surface area contributed by atoms with Crippen LogP contribution in [0.1, 0.15) is 82.6 Å². The van der Waals surface area contributed by atoms with Crippen LogP contribution in [0, 0.1) is 11.3 Å². The van der Waals surface area contributed by atoms with Crippen LogP contribution < -0.4 is 20.1 Å². The van der Waals surface area contributed by atoms with Gasteiger partial charge in [-0.25, -0.2) is 18.4 Å². The van der Waals surface area contributed by atoms with Gasteiger partial charge in [0, 0.05) is 36.4 Å². The predicted octanol–water partition coefficient (Wildman–Crippen LogP) is 4.51. The van der Waals surface area contributed by atoms with Crippen molar-refractivity contribution in [3.63, 3.8) is 0 Å². The molecule has 2 N–H and O–H groups in total. The number of carbonyl (C=O) groups excluding carboxylic acids is 5. The van der Waals surface area contributed by atoms with Gasteiger partial charge >= 0.3 is 0 Å². The van der Waals surface area contributed by atoms with Gasteiger partial charge in [0.15, 0.2) is 5.75 Å². The van der Waals surface area contributed by atoms with Crippen LogP contribution in [0.4, 0.5) is 5.69 Å². The fourth-order valence-electron chi connectivity index (χ4n) is 6.29. The second-order valence-electron chi connectivity index (χ2n) is 13.7. The van der Waals surface area contributed by atoms with E-state index in [-0.39, 0.29) is 83.1 Å². The van der Waals surface area contributed by atoms with E-state index in [0.717, 1.165) is 22.3 Å². The molecule has 4 aromatic rings. The van der Waals surface area contributed by atoms with Crippen molar-refractivity contribution in [3.05, 3.63) is 105 Å². The number of imide groups is 2. The highest BCUT2D eigenvalue weighted by Crippen LogP contribution is 2.39. The number of carbonyl (C=O) groups is 5. The first kappa shape index (κ1) is 39.5. The highest BCUT2D eigenvalue weighted by Gasteiger charge is 2.44. The summed E-state index contributed by atoms with van der Waals surface area (Å²) in [6.45, 7) is 4.06. The molecule has 0 bridgehead atoms. The molecule has 15 nitrogen and oxygen atoms in total. The summed E-state index contributed by atoms with van der Waals surface area (Å²) >= 11 is 6.65. The van der Waals surface area contributed by atoms with Crippen molar-refractivity contribution in [2.24, 2.45) is 0 Å². The molecular weight excluding hydrogens is 764 g/mol. The molecule has 56 heavy (non-hydrogen) atoms. The molecule has 0 aliphatic carbocycles. The molecule has 0 saturated carbocycles. The number of anilines is 1. The third-order valence-corrected chi connectivity index (χ3v) is 10.5. The zero-order valence-electron chi connectivity index (χ0n) is 30.4. The van der Waals surface area contributed by atoms with Gasteiger partial charge in [-0.2, -0.15) is 5.26 Å². The van der Waals surface area contributed by atoms with Crippen LogP contribution in [0.25, 0.3) is 0 Å². The molecule has 1 atom stereocenters. The van der Waals surface area contributed by atoms with E-state index in [4.69, 9.17) is 21.1 Å². The van der Waals surface area contributed by atoms with Crippen molar-refractivity contribution in [2.75, 3.05) is 18.2 Å². The number of hydrogen-bond donors (Lipinski definition) is 2. The Morgan fingerprint density at radius 1 is 1.02 bits per heavy atom. The van der Waals surface area contributed by atoms with E-state index in [1.165, 1.54) is 24.4 Å². The molecule has 17 heteroatoms. The third-order valence-electron chi connectivity index (χ3n) is 9.39. The molecule has 2 aliphatic heterocycles. The summed E-state index contributed by atoms with van der Waals surface area (Å²) in [7, 11) is -3.56. The number of rotatable bonds is 13. The van der Waals surface area contributed by atoms with Crippen molar-refractivity contribution in [1.82, 2.24) is 20.2 Å². The van der Waals surface area contributed by atoms with Gasteiger partial charge in [-0.15, -0.1) is 0 Å². The van der Waals surface area contributed by atoms with Crippen molar-refractivity contribution < 1.29 is 41.9 Å². The number of halogens is 1. The number of piperidine rings is 1. The molecule has 2 aliphatic rings. The number of nitrogens with zero attached hydrogens (tertiary/aromatic N) is 4. The average Bonchev–Trinajstić information content (AvgIpc) is 3.40. The molecule has 3 aromatic carbocycles. The maximum Gasteiger partial charge on any atom is 0.262 e. The van der Waals surface area contributed by atoms with Crippen LogP contribution in [0.5, 0.6) is 11.5 Å². The maximum atomic E-state index is 13.1. The first-order valence-electron chi connectivity index (χ1n) is 17.3. The Hall–Kier alpha value is -6.18. The number of fused-ring (bicyclic) bond motifs is 1. The van der Waals surface area contributed by atoms with E-state index in [1.54, 1.807) is 30.3 Å². The van der Waals surface area contributed by atoms with Gasteiger partial charge in [-0.1, -0.05) is 37.6 Å². The lowest BCUT2D eigenvalue weighted by Crippen LogP contribution is -2.54. The minimum atomic E-state index is -3.56. The molecule has 3 heterocycles. The van der Waals surface area contributed by atoms with Crippen molar-refractivity contribution in [2.45, 2.75) is 62.8 Å². The number of sulfone groups is 1. The number of nitriles is 1. The summed E-state index contributed by atoms with van der Waals surface area (Å²) in [6, 6.07) is 17.6. The number of nitrogens with one attached hydrogen (secondary N) is 2. The summed E-state index contributed by atoms with van der Waals surface area (Å²) < 4.78 is 35.2. The van der Waals surface area contributed by atoms with E-state index in [2.05, 4.69) is 26.7 Å². The Morgan fingerprint density at radius 2 is 1.75 bits per heavy atom. The van der Waals surface area contributed by atoms with Gasteiger partial charge in [0.2, 0.25) is 32.7 Å². The first-order chi connectivity index (χ1) is 26.6. The Balaban J connectivity index is 1.03. The van der Waals surface area contributed by atoms with Gasteiger partial charge in [-0.05, 0) is 72.5 Å². The van der Waals surface area contributed by atoms with Gasteiger partial charge < -0.3 is 14.8 Å². The van der Waals surface area contributed by atoms with Crippen molar-refractivity contribution in [3.8, 4) is 17.6 Å². The number of hydrogen-bond acceptors (Lipinski definition) is 12. The van der Waals surface area contributed by atoms with E-state index < -0.39 is 44.9 Å². The highest BCUT2D eigenvalue weighted by molar-refractivity contribution is 7.90. The Morgan fingerprint density at radius 3 is 2.45 bits per heavy atom. The third kappa shape index (κ3) is 8.38.